The fraction of sp³-hybridized carbons (Fsp3) is 0.136. The minimum atomic E-state index is -0.442. The Balaban J connectivity index is 1.48. The first-order valence-corrected chi connectivity index (χ1v) is 10.8. The summed E-state index contributed by atoms with van der Waals surface area (Å²) in [5, 5.41) is 11.9. The number of carbonyl (C=O) groups excluding carboxylic acids is 1. The Hall–Kier alpha value is -2.54. The van der Waals surface area contributed by atoms with E-state index in [-0.39, 0.29) is 18.1 Å². The lowest BCUT2D eigenvalue weighted by Gasteiger charge is -2.08. The predicted molar refractivity (Wildman–Crippen MR) is 121 cm³/mol. The third-order valence-corrected chi connectivity index (χ3v) is 5.80. The van der Waals surface area contributed by atoms with Crippen molar-refractivity contribution < 1.29 is 14.5 Å². The predicted octanol–water partition coefficient (Wildman–Crippen LogP) is 6.60. The molecule has 0 N–H and O–H groups in total. The van der Waals surface area contributed by atoms with E-state index in [9.17, 15) is 14.9 Å². The first-order valence-electron chi connectivity index (χ1n) is 8.93. The molecule has 3 aromatic carbocycles. The Morgan fingerprint density at radius 2 is 1.70 bits per heavy atom. The number of rotatable bonds is 9. The van der Waals surface area contributed by atoms with Gasteiger partial charge in [0.15, 0.2) is 5.78 Å². The summed E-state index contributed by atoms with van der Waals surface area (Å²) in [6.07, 6.45) is 0. The van der Waals surface area contributed by atoms with E-state index in [1.165, 1.54) is 23.9 Å². The number of benzene rings is 3. The summed E-state index contributed by atoms with van der Waals surface area (Å²) in [5.74, 6) is 1.60. The Bertz CT molecular complexity index is 1040. The van der Waals surface area contributed by atoms with Crippen LogP contribution in [0.25, 0.3) is 0 Å². The van der Waals surface area contributed by atoms with Crippen molar-refractivity contribution in [2.24, 2.45) is 0 Å². The summed E-state index contributed by atoms with van der Waals surface area (Å²) in [5.41, 5.74) is 2.40. The van der Waals surface area contributed by atoms with Crippen molar-refractivity contribution in [1.29, 1.82) is 0 Å². The van der Waals surface area contributed by atoms with Gasteiger partial charge in [-0.05, 0) is 59.7 Å². The molecule has 0 radical (unpaired) electrons. The van der Waals surface area contributed by atoms with Crippen molar-refractivity contribution >= 4 is 46.4 Å². The number of carbonyl (C=O) groups is 1. The molecule has 8 heteroatoms. The first-order chi connectivity index (χ1) is 14.4. The zero-order valence-electron chi connectivity index (χ0n) is 15.7. The minimum Gasteiger partial charge on any atom is -0.489 e. The number of non-ortho nitro benzene ring substituents is 1. The van der Waals surface area contributed by atoms with Crippen LogP contribution in [0.1, 0.15) is 21.5 Å². The molecular formula is C22H17Cl2NO4S. The highest BCUT2D eigenvalue weighted by atomic mass is 35.5. The van der Waals surface area contributed by atoms with Gasteiger partial charge in [0.05, 0.1) is 10.7 Å². The number of thioether (sulfide) groups is 1. The maximum atomic E-state index is 12.4. The first kappa shape index (κ1) is 22.2. The Morgan fingerprint density at radius 3 is 2.33 bits per heavy atom. The quantitative estimate of drug-likeness (QED) is 0.204. The maximum absolute atomic E-state index is 12.4. The van der Waals surface area contributed by atoms with Crippen LogP contribution in [0.3, 0.4) is 0 Å². The lowest BCUT2D eigenvalue weighted by Crippen LogP contribution is -2.03. The second-order valence-corrected chi connectivity index (χ2v) is 8.22. The number of Topliss-reactive ketones (excluding diaryl/α,β-unsaturated/α-hetero) is 1. The molecule has 0 amide bonds. The summed E-state index contributed by atoms with van der Waals surface area (Å²) in [7, 11) is 0. The van der Waals surface area contributed by atoms with Gasteiger partial charge in [0.25, 0.3) is 5.69 Å². The van der Waals surface area contributed by atoms with Gasteiger partial charge in [-0.25, -0.2) is 0 Å². The number of halogens is 2. The monoisotopic (exact) mass is 461 g/mol. The van der Waals surface area contributed by atoms with E-state index in [0.29, 0.717) is 32.9 Å². The van der Waals surface area contributed by atoms with E-state index in [2.05, 4.69) is 0 Å². The van der Waals surface area contributed by atoms with Gasteiger partial charge in [-0.3, -0.25) is 14.9 Å². The van der Waals surface area contributed by atoms with Gasteiger partial charge in [-0.15, -0.1) is 11.8 Å². The van der Waals surface area contributed by atoms with Crippen molar-refractivity contribution in [2.75, 3.05) is 5.75 Å². The highest BCUT2D eigenvalue weighted by Crippen LogP contribution is 2.25. The van der Waals surface area contributed by atoms with Crippen molar-refractivity contribution in [3.05, 3.63) is 104 Å². The molecule has 3 rings (SSSR count). The van der Waals surface area contributed by atoms with Crippen molar-refractivity contribution in [3.63, 3.8) is 0 Å². The zero-order valence-corrected chi connectivity index (χ0v) is 18.0. The van der Waals surface area contributed by atoms with E-state index in [1.54, 1.807) is 48.5 Å². The fourth-order valence-electron chi connectivity index (χ4n) is 2.59. The summed E-state index contributed by atoms with van der Waals surface area (Å²) in [4.78, 5) is 22.6. The van der Waals surface area contributed by atoms with Crippen LogP contribution < -0.4 is 4.74 Å². The van der Waals surface area contributed by atoms with Crippen molar-refractivity contribution in [2.45, 2.75) is 12.4 Å². The molecule has 0 aliphatic rings. The molecule has 0 saturated carbocycles. The molecule has 0 heterocycles. The van der Waals surface area contributed by atoms with Crippen molar-refractivity contribution in [1.82, 2.24) is 0 Å². The molecular weight excluding hydrogens is 445 g/mol. The molecule has 0 unspecified atom stereocenters. The molecule has 30 heavy (non-hydrogen) atoms. The molecule has 154 valence electrons. The van der Waals surface area contributed by atoms with Crippen LogP contribution in [0.5, 0.6) is 5.75 Å². The summed E-state index contributed by atoms with van der Waals surface area (Å²) in [6, 6.07) is 18.4. The second kappa shape index (κ2) is 10.5. The number of nitrogens with zero attached hydrogens (tertiary/aromatic N) is 1. The lowest BCUT2D eigenvalue weighted by atomic mass is 10.1. The average molecular weight is 462 g/mol. The molecule has 3 aromatic rings. The third kappa shape index (κ3) is 6.23. The molecule has 0 aliphatic carbocycles. The molecule has 0 fully saturated rings. The second-order valence-electron chi connectivity index (χ2n) is 6.39. The average Bonchev–Trinajstić information content (AvgIpc) is 2.74. The van der Waals surface area contributed by atoms with Gasteiger partial charge < -0.3 is 4.74 Å². The maximum Gasteiger partial charge on any atom is 0.269 e. The highest BCUT2D eigenvalue weighted by Gasteiger charge is 2.09. The lowest BCUT2D eigenvalue weighted by molar-refractivity contribution is -0.384. The van der Waals surface area contributed by atoms with Crippen molar-refractivity contribution in [3.8, 4) is 5.75 Å². The highest BCUT2D eigenvalue weighted by molar-refractivity contribution is 7.99. The number of hydrogen-bond donors (Lipinski definition) is 0. The van der Waals surface area contributed by atoms with Gasteiger partial charge in [0, 0.05) is 33.5 Å². The summed E-state index contributed by atoms with van der Waals surface area (Å²) < 4.78 is 5.68. The summed E-state index contributed by atoms with van der Waals surface area (Å²) >= 11 is 13.5. The van der Waals surface area contributed by atoms with E-state index in [1.807, 2.05) is 6.07 Å². The van der Waals surface area contributed by atoms with Gasteiger partial charge >= 0.3 is 0 Å². The molecule has 0 saturated heterocycles. The zero-order chi connectivity index (χ0) is 21.5. The topological polar surface area (TPSA) is 69.4 Å². The largest absolute Gasteiger partial charge is 0.489 e. The van der Waals surface area contributed by atoms with Crippen LogP contribution >= 0.6 is 35.0 Å². The van der Waals surface area contributed by atoms with E-state index in [0.717, 1.165) is 11.1 Å². The number of nitro groups is 1. The Labute approximate surface area is 188 Å². The SMILES string of the molecule is O=C(CSCc1ccc(Cl)cc1Cl)c1ccc(OCc2ccc([N+](=O)[O-])cc2)cc1. The number of ether oxygens (including phenoxy) is 1. The molecule has 0 bridgehead atoms. The van der Waals surface area contributed by atoms with Gasteiger partial charge in [0.2, 0.25) is 0 Å². The van der Waals surface area contributed by atoms with Gasteiger partial charge in [0.1, 0.15) is 12.4 Å². The van der Waals surface area contributed by atoms with Crippen LogP contribution in [-0.4, -0.2) is 16.5 Å². The Kier molecular flexibility index (Phi) is 7.74. The third-order valence-electron chi connectivity index (χ3n) is 4.23. The number of hydrogen-bond acceptors (Lipinski definition) is 5. The van der Waals surface area contributed by atoms with Gasteiger partial charge in [-0.2, -0.15) is 0 Å². The molecule has 0 aromatic heterocycles. The smallest absolute Gasteiger partial charge is 0.269 e. The fourth-order valence-corrected chi connectivity index (χ4v) is 4.07. The molecule has 0 spiro atoms. The number of nitro benzene ring substituents is 1. The normalized spacial score (nSPS) is 10.6. The van der Waals surface area contributed by atoms with Crippen LogP contribution in [0.4, 0.5) is 5.69 Å². The molecule has 5 nitrogen and oxygen atoms in total. The van der Waals surface area contributed by atoms with Crippen LogP contribution in [0.15, 0.2) is 66.7 Å². The van der Waals surface area contributed by atoms with E-state index < -0.39 is 4.92 Å². The van der Waals surface area contributed by atoms with E-state index >= 15 is 0 Å². The van der Waals surface area contributed by atoms with Gasteiger partial charge in [-0.1, -0.05) is 29.3 Å². The minimum absolute atomic E-state index is 0.0204. The van der Waals surface area contributed by atoms with Crippen LogP contribution in [0.2, 0.25) is 10.0 Å². The Morgan fingerprint density at radius 1 is 1.00 bits per heavy atom. The number of ketones is 1. The van der Waals surface area contributed by atoms with E-state index in [4.69, 9.17) is 27.9 Å². The molecule has 0 aliphatic heterocycles. The standard InChI is InChI=1S/C22H17Cl2NO4S/c23-18-6-3-17(21(24)11-18)13-30-14-22(26)16-4-9-20(10-5-16)29-12-15-1-7-19(8-2-15)25(27)28/h1-11H,12-14H2. The summed E-state index contributed by atoms with van der Waals surface area (Å²) in [6.45, 7) is 0.281. The van der Waals surface area contributed by atoms with Crippen LogP contribution in [0, 0.1) is 10.1 Å². The molecule has 0 atom stereocenters. The van der Waals surface area contributed by atoms with Crippen LogP contribution in [-0.2, 0) is 12.4 Å².